The molecule has 0 amide bonds. The Bertz CT molecular complexity index is 399. The maximum atomic E-state index is 4.29. The molecule has 0 aliphatic heterocycles. The third-order valence-corrected chi connectivity index (χ3v) is 1.73. The Hall–Kier alpha value is -1.77. The van der Waals surface area contributed by atoms with Crippen LogP contribution in [0.5, 0.6) is 0 Å². The van der Waals surface area contributed by atoms with E-state index in [2.05, 4.69) is 15.0 Å². The largest absolute Gasteiger partial charge is 0.264 e. The van der Waals surface area contributed by atoms with Gasteiger partial charge in [-0.2, -0.15) is 0 Å². The molecule has 2 aromatic rings. The van der Waals surface area contributed by atoms with E-state index in [1.54, 1.807) is 18.6 Å². The minimum Gasteiger partial charge on any atom is -0.264 e. The predicted molar refractivity (Wildman–Crippen MR) is 61.3 cm³/mol. The van der Waals surface area contributed by atoms with Crippen LogP contribution in [0, 0.1) is 6.92 Å². The molecular weight excluding hydrogens is 186 g/mol. The van der Waals surface area contributed by atoms with Crippen molar-refractivity contribution in [2.75, 3.05) is 0 Å². The fourth-order valence-electron chi connectivity index (χ4n) is 1.13. The first-order valence-corrected chi connectivity index (χ1v) is 5.06. The Labute approximate surface area is 90.2 Å². The fraction of sp³-hybridized carbons (Fsp3) is 0.250. The fourth-order valence-corrected chi connectivity index (χ4v) is 1.13. The first-order valence-electron chi connectivity index (χ1n) is 5.06. The highest BCUT2D eigenvalue weighted by Crippen LogP contribution is 2.13. The molecule has 0 fully saturated rings. The van der Waals surface area contributed by atoms with Crippen molar-refractivity contribution in [3.05, 3.63) is 42.6 Å². The lowest BCUT2D eigenvalue weighted by molar-refractivity contribution is 1.06. The smallest absolute Gasteiger partial charge is 0.125 e. The SMILES string of the molecule is CC.Cc1nccc(-c2cccnc2)n1. The van der Waals surface area contributed by atoms with E-state index in [1.807, 2.05) is 39.0 Å². The molecule has 0 aromatic carbocycles. The lowest BCUT2D eigenvalue weighted by atomic mass is 10.2. The molecule has 0 saturated carbocycles. The maximum absolute atomic E-state index is 4.29. The molecule has 0 N–H and O–H groups in total. The summed E-state index contributed by atoms with van der Waals surface area (Å²) in [7, 11) is 0. The molecule has 0 atom stereocenters. The van der Waals surface area contributed by atoms with Gasteiger partial charge in [0.25, 0.3) is 0 Å². The molecule has 3 nitrogen and oxygen atoms in total. The van der Waals surface area contributed by atoms with Crippen molar-refractivity contribution in [2.45, 2.75) is 20.8 Å². The highest BCUT2D eigenvalue weighted by atomic mass is 14.9. The summed E-state index contributed by atoms with van der Waals surface area (Å²) in [5.74, 6) is 0.779. The minimum atomic E-state index is 0.779. The molecule has 2 rings (SSSR count). The third kappa shape index (κ3) is 3.13. The van der Waals surface area contributed by atoms with E-state index in [0.717, 1.165) is 17.1 Å². The normalized spacial score (nSPS) is 9.00. The van der Waals surface area contributed by atoms with Crippen molar-refractivity contribution in [2.24, 2.45) is 0 Å². The summed E-state index contributed by atoms with van der Waals surface area (Å²) >= 11 is 0. The van der Waals surface area contributed by atoms with Crippen LogP contribution < -0.4 is 0 Å². The Balaban J connectivity index is 0.000000531. The summed E-state index contributed by atoms with van der Waals surface area (Å²) in [5, 5.41) is 0. The number of hydrogen-bond acceptors (Lipinski definition) is 3. The van der Waals surface area contributed by atoms with Crippen LogP contribution in [0.4, 0.5) is 0 Å². The third-order valence-electron chi connectivity index (χ3n) is 1.73. The molecule has 0 saturated heterocycles. The van der Waals surface area contributed by atoms with Gasteiger partial charge in [-0.05, 0) is 25.1 Å². The first kappa shape index (κ1) is 11.3. The molecule has 0 spiro atoms. The van der Waals surface area contributed by atoms with E-state index in [0.29, 0.717) is 0 Å². The Morgan fingerprint density at radius 3 is 2.47 bits per heavy atom. The average Bonchev–Trinajstić information content (AvgIpc) is 2.33. The summed E-state index contributed by atoms with van der Waals surface area (Å²) in [6.07, 6.45) is 5.30. The van der Waals surface area contributed by atoms with Crippen molar-refractivity contribution >= 4 is 0 Å². The van der Waals surface area contributed by atoms with Crippen LogP contribution >= 0.6 is 0 Å². The Morgan fingerprint density at radius 2 is 1.87 bits per heavy atom. The van der Waals surface area contributed by atoms with Gasteiger partial charge in [-0.25, -0.2) is 9.97 Å². The van der Waals surface area contributed by atoms with Crippen LogP contribution in [0.3, 0.4) is 0 Å². The van der Waals surface area contributed by atoms with Gasteiger partial charge >= 0.3 is 0 Å². The van der Waals surface area contributed by atoms with Crippen molar-refractivity contribution in [1.82, 2.24) is 15.0 Å². The standard InChI is InChI=1S/C10H9N3.C2H6/c1-8-12-6-4-10(13-8)9-3-2-5-11-7-9;1-2/h2-7H,1H3;1-2H3. The van der Waals surface area contributed by atoms with Crippen LogP contribution in [0.1, 0.15) is 19.7 Å². The monoisotopic (exact) mass is 201 g/mol. The number of nitrogens with zero attached hydrogens (tertiary/aromatic N) is 3. The highest BCUT2D eigenvalue weighted by Gasteiger charge is 1.97. The molecular formula is C12H15N3. The maximum Gasteiger partial charge on any atom is 0.125 e. The molecule has 2 heterocycles. The van der Waals surface area contributed by atoms with E-state index < -0.39 is 0 Å². The van der Waals surface area contributed by atoms with Crippen LogP contribution in [0.15, 0.2) is 36.8 Å². The highest BCUT2D eigenvalue weighted by molar-refractivity contribution is 5.56. The van der Waals surface area contributed by atoms with E-state index in [1.165, 1.54) is 0 Å². The number of aryl methyl sites for hydroxylation is 1. The van der Waals surface area contributed by atoms with Gasteiger partial charge < -0.3 is 0 Å². The molecule has 3 heteroatoms. The lowest BCUT2D eigenvalue weighted by Crippen LogP contribution is -1.89. The lowest BCUT2D eigenvalue weighted by Gasteiger charge is -1.99. The molecule has 0 radical (unpaired) electrons. The van der Waals surface area contributed by atoms with Crippen LogP contribution in [0.2, 0.25) is 0 Å². The van der Waals surface area contributed by atoms with Crippen LogP contribution in [-0.4, -0.2) is 15.0 Å². The average molecular weight is 201 g/mol. The topological polar surface area (TPSA) is 38.7 Å². The van der Waals surface area contributed by atoms with Gasteiger partial charge in [0, 0.05) is 24.2 Å². The van der Waals surface area contributed by atoms with Gasteiger partial charge in [0.15, 0.2) is 0 Å². The van der Waals surface area contributed by atoms with E-state index in [-0.39, 0.29) is 0 Å². The first-order chi connectivity index (χ1) is 7.36. The van der Waals surface area contributed by atoms with Crippen molar-refractivity contribution in [1.29, 1.82) is 0 Å². The van der Waals surface area contributed by atoms with E-state index in [9.17, 15) is 0 Å². The zero-order valence-corrected chi connectivity index (χ0v) is 9.31. The van der Waals surface area contributed by atoms with Crippen molar-refractivity contribution in [3.63, 3.8) is 0 Å². The quantitative estimate of drug-likeness (QED) is 0.712. The number of aromatic nitrogens is 3. The van der Waals surface area contributed by atoms with Gasteiger partial charge in [-0.1, -0.05) is 13.8 Å². The summed E-state index contributed by atoms with van der Waals surface area (Å²) in [6.45, 7) is 5.87. The molecule has 78 valence electrons. The zero-order chi connectivity index (χ0) is 11.1. The molecule has 0 aliphatic carbocycles. The van der Waals surface area contributed by atoms with Crippen molar-refractivity contribution in [3.8, 4) is 11.3 Å². The molecule has 0 aliphatic rings. The van der Waals surface area contributed by atoms with E-state index >= 15 is 0 Å². The minimum absolute atomic E-state index is 0.779. The van der Waals surface area contributed by atoms with Gasteiger partial charge in [-0.3, -0.25) is 4.98 Å². The summed E-state index contributed by atoms with van der Waals surface area (Å²) < 4.78 is 0. The summed E-state index contributed by atoms with van der Waals surface area (Å²) in [5.41, 5.74) is 1.94. The molecule has 2 aromatic heterocycles. The molecule has 0 bridgehead atoms. The van der Waals surface area contributed by atoms with Gasteiger partial charge in [0.1, 0.15) is 5.82 Å². The van der Waals surface area contributed by atoms with Gasteiger partial charge in [-0.15, -0.1) is 0 Å². The Morgan fingerprint density at radius 1 is 1.07 bits per heavy atom. The second-order valence-electron chi connectivity index (χ2n) is 2.73. The van der Waals surface area contributed by atoms with Gasteiger partial charge in [0.05, 0.1) is 5.69 Å². The second-order valence-corrected chi connectivity index (χ2v) is 2.73. The summed E-state index contributed by atoms with van der Waals surface area (Å²) in [4.78, 5) is 12.4. The number of hydrogen-bond donors (Lipinski definition) is 0. The summed E-state index contributed by atoms with van der Waals surface area (Å²) in [6, 6.07) is 5.76. The second kappa shape index (κ2) is 5.86. The van der Waals surface area contributed by atoms with Crippen LogP contribution in [0.25, 0.3) is 11.3 Å². The number of rotatable bonds is 1. The molecule has 0 unspecified atom stereocenters. The van der Waals surface area contributed by atoms with E-state index in [4.69, 9.17) is 0 Å². The predicted octanol–water partition coefficient (Wildman–Crippen LogP) is 2.87. The van der Waals surface area contributed by atoms with Gasteiger partial charge in [0.2, 0.25) is 0 Å². The van der Waals surface area contributed by atoms with Crippen LogP contribution in [-0.2, 0) is 0 Å². The molecule has 15 heavy (non-hydrogen) atoms. The van der Waals surface area contributed by atoms with Crippen molar-refractivity contribution < 1.29 is 0 Å². The zero-order valence-electron chi connectivity index (χ0n) is 9.31. The Kier molecular flexibility index (Phi) is 4.41. The number of pyridine rings is 1.